The third-order valence-corrected chi connectivity index (χ3v) is 3.72. The Balaban J connectivity index is 2.17. The minimum Gasteiger partial charge on any atom is -0.278 e. The zero-order valence-corrected chi connectivity index (χ0v) is 13.9. The fourth-order valence-corrected chi connectivity index (χ4v) is 2.48. The first-order valence-corrected chi connectivity index (χ1v) is 8.02. The Morgan fingerprint density at radius 2 is 1.87 bits per heavy atom. The number of hydrogen-bond acceptors (Lipinski definition) is 5. The summed E-state index contributed by atoms with van der Waals surface area (Å²) in [5.74, 6) is 0. The molecule has 2 aromatic rings. The van der Waals surface area contributed by atoms with Gasteiger partial charge in [-0.2, -0.15) is 18.3 Å². The van der Waals surface area contributed by atoms with Gasteiger partial charge in [-0.1, -0.05) is 41.0 Å². The highest BCUT2D eigenvalue weighted by atomic mass is 35.5. The summed E-state index contributed by atoms with van der Waals surface area (Å²) < 4.78 is 37.8. The molecule has 0 aliphatic heterocycles. The van der Waals surface area contributed by atoms with E-state index in [1.165, 1.54) is 30.1 Å². The van der Waals surface area contributed by atoms with Crippen molar-refractivity contribution >= 4 is 46.9 Å². The van der Waals surface area contributed by atoms with Crippen LogP contribution in [-0.2, 0) is 6.18 Å². The second-order valence-electron chi connectivity index (χ2n) is 4.15. The molecule has 0 radical (unpaired) electrons. The molecule has 1 aromatic heterocycles. The number of anilines is 1. The van der Waals surface area contributed by atoms with Crippen LogP contribution in [0.2, 0.25) is 10.3 Å². The lowest BCUT2D eigenvalue weighted by atomic mass is 10.2. The van der Waals surface area contributed by atoms with Crippen LogP contribution in [0.1, 0.15) is 11.1 Å². The fourth-order valence-electron chi connectivity index (χ4n) is 1.53. The van der Waals surface area contributed by atoms with Crippen molar-refractivity contribution < 1.29 is 13.2 Å². The number of rotatable bonds is 4. The van der Waals surface area contributed by atoms with Crippen LogP contribution < -0.4 is 5.43 Å². The number of nitrogens with zero attached hydrogens (tertiary/aromatic N) is 3. The minimum atomic E-state index is -4.42. The minimum absolute atomic E-state index is 0.101. The molecule has 0 fully saturated rings. The fraction of sp³-hybridized carbons (Fsp3) is 0.154. The van der Waals surface area contributed by atoms with Gasteiger partial charge in [0, 0.05) is 0 Å². The van der Waals surface area contributed by atoms with E-state index in [-0.39, 0.29) is 21.6 Å². The van der Waals surface area contributed by atoms with Crippen LogP contribution in [0.5, 0.6) is 0 Å². The van der Waals surface area contributed by atoms with Gasteiger partial charge in [-0.15, -0.1) is 0 Å². The molecular formula is C13H9Cl2F3N4S. The number of aromatic nitrogens is 2. The van der Waals surface area contributed by atoms with Gasteiger partial charge in [0.2, 0.25) is 0 Å². The molecule has 1 N–H and O–H groups in total. The Morgan fingerprint density at radius 3 is 2.43 bits per heavy atom. The second kappa shape index (κ2) is 7.37. The van der Waals surface area contributed by atoms with E-state index in [2.05, 4.69) is 20.5 Å². The molecule has 0 saturated heterocycles. The largest absolute Gasteiger partial charge is 0.416 e. The third-order valence-electron chi connectivity index (χ3n) is 2.59. The van der Waals surface area contributed by atoms with E-state index in [1.54, 1.807) is 6.26 Å². The second-order valence-corrected chi connectivity index (χ2v) is 5.64. The molecule has 0 aliphatic carbocycles. The van der Waals surface area contributed by atoms with Gasteiger partial charge in [0.15, 0.2) is 5.16 Å². The average molecular weight is 381 g/mol. The summed E-state index contributed by atoms with van der Waals surface area (Å²) >= 11 is 13.2. The molecule has 23 heavy (non-hydrogen) atoms. The van der Waals surface area contributed by atoms with Crippen LogP contribution in [-0.4, -0.2) is 22.4 Å². The van der Waals surface area contributed by atoms with Gasteiger partial charge in [-0.25, -0.2) is 9.97 Å². The number of hydrazone groups is 1. The molecule has 0 aliphatic rings. The number of benzene rings is 1. The van der Waals surface area contributed by atoms with Gasteiger partial charge in [-0.3, -0.25) is 5.43 Å². The van der Waals surface area contributed by atoms with Crippen molar-refractivity contribution in [3.8, 4) is 0 Å². The Hall–Kier alpha value is -1.51. The monoisotopic (exact) mass is 380 g/mol. The van der Waals surface area contributed by atoms with Crippen molar-refractivity contribution in [2.75, 3.05) is 11.7 Å². The smallest absolute Gasteiger partial charge is 0.278 e. The van der Waals surface area contributed by atoms with Gasteiger partial charge in [0.1, 0.15) is 10.3 Å². The van der Waals surface area contributed by atoms with E-state index in [0.29, 0.717) is 5.16 Å². The first-order chi connectivity index (χ1) is 10.8. The Labute approximate surface area is 144 Å². The topological polar surface area (TPSA) is 50.2 Å². The van der Waals surface area contributed by atoms with E-state index < -0.39 is 11.7 Å². The summed E-state index contributed by atoms with van der Waals surface area (Å²) in [6, 6.07) is 4.63. The van der Waals surface area contributed by atoms with E-state index in [4.69, 9.17) is 23.2 Å². The molecule has 0 amide bonds. The zero-order valence-electron chi connectivity index (χ0n) is 11.5. The van der Waals surface area contributed by atoms with Crippen LogP contribution >= 0.6 is 35.0 Å². The van der Waals surface area contributed by atoms with Crippen LogP contribution in [0.3, 0.4) is 0 Å². The van der Waals surface area contributed by atoms with Crippen molar-refractivity contribution in [2.45, 2.75) is 11.3 Å². The molecule has 0 unspecified atom stereocenters. The molecule has 0 bridgehead atoms. The Kier molecular flexibility index (Phi) is 5.72. The lowest BCUT2D eigenvalue weighted by Crippen LogP contribution is -2.05. The summed E-state index contributed by atoms with van der Waals surface area (Å²) in [6.45, 7) is 0. The van der Waals surface area contributed by atoms with Crippen LogP contribution in [0.25, 0.3) is 0 Å². The van der Waals surface area contributed by atoms with Gasteiger partial charge in [0.25, 0.3) is 0 Å². The predicted octanol–water partition coefficient (Wildman–Crippen LogP) is 4.97. The van der Waals surface area contributed by atoms with Gasteiger partial charge < -0.3 is 0 Å². The first kappa shape index (κ1) is 17.8. The van der Waals surface area contributed by atoms with Crippen molar-refractivity contribution in [3.05, 3.63) is 45.7 Å². The van der Waals surface area contributed by atoms with Crippen LogP contribution in [0.15, 0.2) is 34.5 Å². The SMILES string of the molecule is CSc1nc(Cl)c(/C=N\Nc2cccc(C(F)(F)F)c2)c(Cl)n1. The highest BCUT2D eigenvalue weighted by Crippen LogP contribution is 2.30. The average Bonchev–Trinajstić information content (AvgIpc) is 2.49. The predicted molar refractivity (Wildman–Crippen MR) is 86.5 cm³/mol. The number of thioether (sulfide) groups is 1. The maximum atomic E-state index is 12.6. The van der Waals surface area contributed by atoms with Gasteiger partial charge >= 0.3 is 6.18 Å². The summed E-state index contributed by atoms with van der Waals surface area (Å²) in [5.41, 5.74) is 2.14. The molecule has 4 nitrogen and oxygen atoms in total. The molecule has 0 saturated carbocycles. The van der Waals surface area contributed by atoms with E-state index in [1.807, 2.05) is 0 Å². The van der Waals surface area contributed by atoms with Crippen molar-refractivity contribution in [2.24, 2.45) is 5.10 Å². The van der Waals surface area contributed by atoms with Crippen LogP contribution in [0.4, 0.5) is 18.9 Å². The first-order valence-electron chi connectivity index (χ1n) is 6.04. The third kappa shape index (κ3) is 4.73. The standard InChI is InChI=1S/C13H9Cl2F3N4S/c1-23-12-20-10(14)9(11(15)21-12)6-19-22-8-4-2-3-7(5-8)13(16,17)18/h2-6,22H,1H3/b19-6-. The molecule has 10 heteroatoms. The lowest BCUT2D eigenvalue weighted by Gasteiger charge is -2.08. The van der Waals surface area contributed by atoms with Crippen molar-refractivity contribution in [3.63, 3.8) is 0 Å². The van der Waals surface area contributed by atoms with E-state index >= 15 is 0 Å². The molecule has 1 heterocycles. The molecule has 1 aromatic carbocycles. The molecule has 2 rings (SSSR count). The Morgan fingerprint density at radius 1 is 1.22 bits per heavy atom. The normalized spacial score (nSPS) is 11.9. The zero-order chi connectivity index (χ0) is 17.0. The van der Waals surface area contributed by atoms with Crippen molar-refractivity contribution in [1.82, 2.24) is 9.97 Å². The summed E-state index contributed by atoms with van der Waals surface area (Å²) in [4.78, 5) is 7.98. The highest BCUT2D eigenvalue weighted by Gasteiger charge is 2.30. The quantitative estimate of drug-likeness (QED) is 0.267. The van der Waals surface area contributed by atoms with Crippen molar-refractivity contribution in [1.29, 1.82) is 0 Å². The Bertz CT molecular complexity index is 714. The maximum absolute atomic E-state index is 12.6. The summed E-state index contributed by atoms with van der Waals surface area (Å²) in [7, 11) is 0. The molecular weight excluding hydrogens is 372 g/mol. The van der Waals surface area contributed by atoms with E-state index in [0.717, 1.165) is 12.1 Å². The number of nitrogens with one attached hydrogen (secondary N) is 1. The number of alkyl halides is 3. The summed E-state index contributed by atoms with van der Waals surface area (Å²) in [5, 5.41) is 4.42. The molecule has 0 spiro atoms. The number of hydrogen-bond donors (Lipinski definition) is 1. The maximum Gasteiger partial charge on any atom is 0.416 e. The van der Waals surface area contributed by atoms with Crippen LogP contribution in [0, 0.1) is 0 Å². The molecule has 0 atom stereocenters. The number of halogens is 5. The lowest BCUT2D eigenvalue weighted by molar-refractivity contribution is -0.137. The highest BCUT2D eigenvalue weighted by molar-refractivity contribution is 7.98. The molecule has 122 valence electrons. The van der Waals surface area contributed by atoms with Gasteiger partial charge in [0.05, 0.1) is 23.0 Å². The summed E-state index contributed by atoms with van der Waals surface area (Å²) in [6.07, 6.45) is -1.41. The van der Waals surface area contributed by atoms with E-state index in [9.17, 15) is 13.2 Å². The van der Waals surface area contributed by atoms with Gasteiger partial charge in [-0.05, 0) is 24.5 Å².